The van der Waals surface area contributed by atoms with Crippen molar-refractivity contribution in [2.45, 2.75) is 25.8 Å². The minimum Gasteiger partial charge on any atom is -0.480 e. The minimum atomic E-state index is -0.903. The SMILES string of the molecule is CC1CCN(c2ncc([N+](=O)[O-])s2)C(C(=O)O)C1. The molecule has 0 radical (unpaired) electrons. The zero-order valence-electron chi connectivity index (χ0n) is 9.78. The number of carbonyl (C=O) groups is 1. The highest BCUT2D eigenvalue weighted by Crippen LogP contribution is 2.33. The molecule has 7 nitrogen and oxygen atoms in total. The highest BCUT2D eigenvalue weighted by molar-refractivity contribution is 7.18. The van der Waals surface area contributed by atoms with Crippen molar-refractivity contribution in [3.8, 4) is 0 Å². The van der Waals surface area contributed by atoms with Gasteiger partial charge in [-0.25, -0.2) is 9.78 Å². The molecule has 1 aliphatic heterocycles. The zero-order chi connectivity index (χ0) is 13.3. The first kappa shape index (κ1) is 12.7. The Morgan fingerprint density at radius 1 is 1.72 bits per heavy atom. The number of thiazole rings is 1. The van der Waals surface area contributed by atoms with Gasteiger partial charge in [0.2, 0.25) is 0 Å². The van der Waals surface area contributed by atoms with Gasteiger partial charge in [-0.3, -0.25) is 10.1 Å². The second kappa shape index (κ2) is 4.89. The first-order valence-electron chi connectivity index (χ1n) is 5.58. The molecule has 0 aliphatic carbocycles. The Balaban J connectivity index is 2.23. The van der Waals surface area contributed by atoms with Crippen LogP contribution in [0.3, 0.4) is 0 Å². The molecule has 1 N–H and O–H groups in total. The maximum Gasteiger partial charge on any atom is 0.345 e. The van der Waals surface area contributed by atoms with Crippen molar-refractivity contribution in [3.05, 3.63) is 16.3 Å². The highest BCUT2D eigenvalue weighted by Gasteiger charge is 2.34. The van der Waals surface area contributed by atoms with Crippen LogP contribution >= 0.6 is 11.3 Å². The Morgan fingerprint density at radius 3 is 3.00 bits per heavy atom. The number of aliphatic carboxylic acids is 1. The summed E-state index contributed by atoms with van der Waals surface area (Å²) in [6, 6.07) is -0.639. The number of aromatic nitrogens is 1. The van der Waals surface area contributed by atoms with Crippen molar-refractivity contribution >= 4 is 27.4 Å². The fourth-order valence-corrected chi connectivity index (χ4v) is 2.89. The number of carboxylic acids is 1. The number of piperidine rings is 1. The number of nitrogens with zero attached hydrogens (tertiary/aromatic N) is 3. The molecule has 18 heavy (non-hydrogen) atoms. The Kier molecular flexibility index (Phi) is 3.46. The third-order valence-corrected chi connectivity index (χ3v) is 4.04. The van der Waals surface area contributed by atoms with E-state index < -0.39 is 16.9 Å². The average Bonchev–Trinajstić information content (AvgIpc) is 2.78. The van der Waals surface area contributed by atoms with Crippen LogP contribution in [0.1, 0.15) is 19.8 Å². The van der Waals surface area contributed by atoms with Gasteiger partial charge in [-0.15, -0.1) is 0 Å². The third kappa shape index (κ3) is 2.42. The van der Waals surface area contributed by atoms with Gasteiger partial charge in [-0.2, -0.15) is 0 Å². The molecule has 1 aromatic heterocycles. The van der Waals surface area contributed by atoms with E-state index in [0.29, 0.717) is 24.0 Å². The first-order chi connectivity index (χ1) is 8.49. The summed E-state index contributed by atoms with van der Waals surface area (Å²) in [5, 5.41) is 20.2. The molecular weight excluding hydrogens is 258 g/mol. The molecule has 0 amide bonds. The van der Waals surface area contributed by atoms with Gasteiger partial charge in [-0.05, 0) is 30.1 Å². The summed E-state index contributed by atoms with van der Waals surface area (Å²) in [7, 11) is 0. The number of rotatable bonds is 3. The molecule has 2 heterocycles. The second-order valence-electron chi connectivity index (χ2n) is 4.42. The van der Waals surface area contributed by atoms with Gasteiger partial charge >= 0.3 is 11.0 Å². The smallest absolute Gasteiger partial charge is 0.345 e. The average molecular weight is 271 g/mol. The van der Waals surface area contributed by atoms with Gasteiger partial charge in [0.25, 0.3) is 0 Å². The zero-order valence-corrected chi connectivity index (χ0v) is 10.6. The van der Waals surface area contributed by atoms with E-state index in [2.05, 4.69) is 4.98 Å². The van der Waals surface area contributed by atoms with E-state index in [4.69, 9.17) is 0 Å². The van der Waals surface area contributed by atoms with Crippen molar-refractivity contribution < 1.29 is 14.8 Å². The Hall–Kier alpha value is -1.70. The molecular formula is C10H13N3O4S. The maximum absolute atomic E-state index is 11.2. The van der Waals surface area contributed by atoms with E-state index in [1.165, 1.54) is 6.20 Å². The lowest BCUT2D eigenvalue weighted by atomic mass is 9.93. The van der Waals surface area contributed by atoms with Gasteiger partial charge < -0.3 is 10.0 Å². The Morgan fingerprint density at radius 2 is 2.44 bits per heavy atom. The molecule has 2 atom stereocenters. The monoisotopic (exact) mass is 271 g/mol. The van der Waals surface area contributed by atoms with Crippen LogP contribution < -0.4 is 4.90 Å². The van der Waals surface area contributed by atoms with Crippen molar-refractivity contribution in [3.63, 3.8) is 0 Å². The summed E-state index contributed by atoms with van der Waals surface area (Å²) in [4.78, 5) is 26.9. The van der Waals surface area contributed by atoms with Crippen LogP contribution in [0, 0.1) is 16.0 Å². The fraction of sp³-hybridized carbons (Fsp3) is 0.600. The lowest BCUT2D eigenvalue weighted by Crippen LogP contribution is -2.46. The van der Waals surface area contributed by atoms with E-state index in [0.717, 1.165) is 17.8 Å². The summed E-state index contributed by atoms with van der Waals surface area (Å²) < 4.78 is 0. The van der Waals surface area contributed by atoms with Crippen LogP contribution in [-0.2, 0) is 4.79 Å². The quantitative estimate of drug-likeness (QED) is 0.664. The molecule has 2 rings (SSSR count). The summed E-state index contributed by atoms with van der Waals surface area (Å²) in [5.74, 6) is -0.559. The van der Waals surface area contributed by atoms with E-state index in [1.807, 2.05) is 6.92 Å². The summed E-state index contributed by atoms with van der Waals surface area (Å²) in [5.41, 5.74) is 0. The highest BCUT2D eigenvalue weighted by atomic mass is 32.1. The van der Waals surface area contributed by atoms with Crippen molar-refractivity contribution in [1.29, 1.82) is 0 Å². The molecule has 1 saturated heterocycles. The molecule has 0 saturated carbocycles. The lowest BCUT2D eigenvalue weighted by Gasteiger charge is -2.35. The second-order valence-corrected chi connectivity index (χ2v) is 5.40. The molecule has 1 aromatic rings. The van der Waals surface area contributed by atoms with Crippen LogP contribution in [0.2, 0.25) is 0 Å². The number of hydrogen-bond acceptors (Lipinski definition) is 6. The predicted octanol–water partition coefficient (Wildman–Crippen LogP) is 1.74. The third-order valence-electron chi connectivity index (χ3n) is 3.06. The molecule has 0 spiro atoms. The predicted molar refractivity (Wildman–Crippen MR) is 65.9 cm³/mol. The van der Waals surface area contributed by atoms with Crippen molar-refractivity contribution in [2.75, 3.05) is 11.4 Å². The standard InChI is InChI=1S/C10H13N3O4S/c1-6-2-3-12(7(4-6)9(14)15)10-11-5-8(18-10)13(16)17/h5-7H,2-4H2,1H3,(H,14,15). The molecule has 8 heteroatoms. The largest absolute Gasteiger partial charge is 0.480 e. The lowest BCUT2D eigenvalue weighted by molar-refractivity contribution is -0.380. The van der Waals surface area contributed by atoms with Gasteiger partial charge in [0.15, 0.2) is 5.13 Å². The summed E-state index contributed by atoms with van der Waals surface area (Å²) >= 11 is 0.922. The van der Waals surface area contributed by atoms with Crippen LogP contribution in [-0.4, -0.2) is 33.6 Å². The summed E-state index contributed by atoms with van der Waals surface area (Å²) in [6.07, 6.45) is 2.59. The normalized spacial score (nSPS) is 23.9. The van der Waals surface area contributed by atoms with Gasteiger partial charge in [0.05, 0.1) is 4.92 Å². The van der Waals surface area contributed by atoms with Gasteiger partial charge in [0, 0.05) is 6.54 Å². The van der Waals surface area contributed by atoms with Crippen LogP contribution in [0.25, 0.3) is 0 Å². The van der Waals surface area contributed by atoms with E-state index >= 15 is 0 Å². The van der Waals surface area contributed by atoms with Crippen molar-refractivity contribution in [2.24, 2.45) is 5.92 Å². The molecule has 2 unspecified atom stereocenters. The number of anilines is 1. The van der Waals surface area contributed by atoms with E-state index in [9.17, 15) is 20.0 Å². The molecule has 98 valence electrons. The van der Waals surface area contributed by atoms with Gasteiger partial charge in [0.1, 0.15) is 12.2 Å². The molecule has 0 bridgehead atoms. The minimum absolute atomic E-state index is 0.0623. The van der Waals surface area contributed by atoms with Crippen LogP contribution in [0.5, 0.6) is 0 Å². The van der Waals surface area contributed by atoms with E-state index in [1.54, 1.807) is 4.90 Å². The number of hydrogen-bond donors (Lipinski definition) is 1. The van der Waals surface area contributed by atoms with Gasteiger partial charge in [-0.1, -0.05) is 6.92 Å². The van der Waals surface area contributed by atoms with Crippen LogP contribution in [0.4, 0.5) is 10.1 Å². The maximum atomic E-state index is 11.2. The van der Waals surface area contributed by atoms with E-state index in [-0.39, 0.29) is 5.00 Å². The number of nitro groups is 1. The molecule has 0 aromatic carbocycles. The topological polar surface area (TPSA) is 96.6 Å². The Bertz CT molecular complexity index is 475. The van der Waals surface area contributed by atoms with Crippen LogP contribution in [0.15, 0.2) is 6.20 Å². The first-order valence-corrected chi connectivity index (χ1v) is 6.40. The van der Waals surface area contributed by atoms with Crippen molar-refractivity contribution in [1.82, 2.24) is 4.98 Å². The fourth-order valence-electron chi connectivity index (χ4n) is 2.08. The summed E-state index contributed by atoms with van der Waals surface area (Å²) in [6.45, 7) is 2.58. The number of carboxylic acid groups (broad SMARTS) is 1. The molecule has 1 aliphatic rings. The Labute approximate surface area is 107 Å². The molecule has 1 fully saturated rings.